The summed E-state index contributed by atoms with van der Waals surface area (Å²) in [6, 6.07) is 12.3. The maximum Gasteiger partial charge on any atom is 0.337 e. The summed E-state index contributed by atoms with van der Waals surface area (Å²) in [6.07, 6.45) is 1.78. The highest BCUT2D eigenvalue weighted by Gasteiger charge is 2.31. The molecule has 2 aliphatic rings. The van der Waals surface area contributed by atoms with Crippen LogP contribution in [0.4, 0.5) is 5.69 Å². The van der Waals surface area contributed by atoms with Crippen LogP contribution < -0.4 is 14.8 Å². The molecule has 1 amide bonds. The number of thioether (sulfide) groups is 1. The number of ether oxygens (including phenoxy) is 3. The minimum atomic E-state index is -0.401. The van der Waals surface area contributed by atoms with Gasteiger partial charge in [0.1, 0.15) is 4.32 Å². The third kappa shape index (κ3) is 4.06. The molecular formula is C20H16N2O5S2. The Hall–Kier alpha value is -3.04. The van der Waals surface area contributed by atoms with Crippen molar-refractivity contribution in [3.63, 3.8) is 0 Å². The van der Waals surface area contributed by atoms with E-state index in [0.717, 1.165) is 11.3 Å². The van der Waals surface area contributed by atoms with Crippen LogP contribution in [0.1, 0.15) is 15.9 Å². The van der Waals surface area contributed by atoms with Gasteiger partial charge in [-0.25, -0.2) is 4.79 Å². The van der Waals surface area contributed by atoms with Crippen molar-refractivity contribution in [2.45, 2.75) is 0 Å². The monoisotopic (exact) mass is 428 g/mol. The lowest BCUT2D eigenvalue weighted by Crippen LogP contribution is -2.33. The van der Waals surface area contributed by atoms with E-state index in [9.17, 15) is 9.59 Å². The third-order valence-electron chi connectivity index (χ3n) is 4.32. The van der Waals surface area contributed by atoms with E-state index in [-0.39, 0.29) is 19.4 Å². The van der Waals surface area contributed by atoms with Crippen molar-refractivity contribution < 1.29 is 23.8 Å². The van der Waals surface area contributed by atoms with E-state index in [1.54, 1.807) is 30.3 Å². The Kier molecular flexibility index (Phi) is 5.41. The van der Waals surface area contributed by atoms with Crippen LogP contribution in [0.3, 0.4) is 0 Å². The van der Waals surface area contributed by atoms with Gasteiger partial charge in [0, 0.05) is 5.69 Å². The molecule has 0 spiro atoms. The van der Waals surface area contributed by atoms with Crippen LogP contribution >= 0.6 is 24.0 Å². The van der Waals surface area contributed by atoms with Gasteiger partial charge in [-0.1, -0.05) is 30.0 Å². The summed E-state index contributed by atoms with van der Waals surface area (Å²) in [4.78, 5) is 26.3. The number of amides is 1. The molecule has 2 aromatic carbocycles. The van der Waals surface area contributed by atoms with E-state index in [1.807, 2.05) is 18.2 Å². The van der Waals surface area contributed by atoms with Gasteiger partial charge in [-0.15, -0.1) is 0 Å². The number of carbonyl (C=O) groups excluding carboxylic acids is 2. The van der Waals surface area contributed by atoms with Gasteiger partial charge < -0.3 is 19.5 Å². The molecule has 2 aromatic rings. The van der Waals surface area contributed by atoms with Gasteiger partial charge in [0.05, 0.1) is 24.2 Å². The van der Waals surface area contributed by atoms with Crippen LogP contribution in [0.5, 0.6) is 11.5 Å². The maximum atomic E-state index is 12.7. The number of nitrogens with one attached hydrogen (secondary N) is 1. The molecular weight excluding hydrogens is 412 g/mol. The van der Waals surface area contributed by atoms with Crippen LogP contribution in [-0.4, -0.2) is 41.7 Å². The highest BCUT2D eigenvalue weighted by atomic mass is 32.2. The number of hydrogen-bond acceptors (Lipinski definition) is 8. The van der Waals surface area contributed by atoms with Crippen LogP contribution in [0.2, 0.25) is 0 Å². The number of nitrogens with zero attached hydrogens (tertiary/aromatic N) is 1. The fourth-order valence-electron chi connectivity index (χ4n) is 2.80. The fraction of sp³-hybridized carbons (Fsp3) is 0.150. The van der Waals surface area contributed by atoms with Crippen molar-refractivity contribution in [1.29, 1.82) is 0 Å². The normalized spacial score (nSPS) is 16.4. The number of fused-ring (bicyclic) bond motifs is 1. The second-order valence-corrected chi connectivity index (χ2v) is 7.80. The van der Waals surface area contributed by atoms with E-state index in [1.165, 1.54) is 23.8 Å². The number of benzene rings is 2. The van der Waals surface area contributed by atoms with Gasteiger partial charge in [0.2, 0.25) is 6.79 Å². The Morgan fingerprint density at radius 1 is 1.24 bits per heavy atom. The molecule has 0 bridgehead atoms. The number of anilines is 1. The van der Waals surface area contributed by atoms with Gasteiger partial charge in [0.15, 0.2) is 11.5 Å². The molecule has 29 heavy (non-hydrogen) atoms. The summed E-state index contributed by atoms with van der Waals surface area (Å²) in [5.74, 6) is 0.780. The van der Waals surface area contributed by atoms with Gasteiger partial charge in [-0.2, -0.15) is 0 Å². The third-order valence-corrected chi connectivity index (χ3v) is 5.69. The summed E-state index contributed by atoms with van der Waals surface area (Å²) < 4.78 is 15.8. The Balaban J connectivity index is 1.42. The average molecular weight is 428 g/mol. The molecule has 148 valence electrons. The first-order valence-electron chi connectivity index (χ1n) is 8.62. The standard InChI is InChI=1S/C20H16N2O5S2/c1-25-19(24)13-3-5-14(6-4-13)21-10-22-18(23)17(29-20(22)28)9-12-2-7-15-16(8-12)27-11-26-15/h2-9,21H,10-11H2,1H3. The predicted molar refractivity (Wildman–Crippen MR) is 114 cm³/mol. The Labute approximate surface area is 176 Å². The van der Waals surface area contributed by atoms with Gasteiger partial charge >= 0.3 is 5.97 Å². The fourth-order valence-corrected chi connectivity index (χ4v) is 4.06. The van der Waals surface area contributed by atoms with Crippen LogP contribution in [-0.2, 0) is 9.53 Å². The molecule has 0 radical (unpaired) electrons. The minimum Gasteiger partial charge on any atom is -0.465 e. The first-order chi connectivity index (χ1) is 14.0. The number of methoxy groups -OCH3 is 1. The predicted octanol–water partition coefficient (Wildman–Crippen LogP) is 3.47. The molecule has 1 fully saturated rings. The SMILES string of the molecule is COC(=O)c1ccc(NCN2C(=O)C(=Cc3ccc4c(c3)OCO4)SC2=S)cc1. The van der Waals surface area contributed by atoms with Crippen LogP contribution in [0.25, 0.3) is 6.08 Å². The zero-order valence-electron chi connectivity index (χ0n) is 15.3. The van der Waals surface area contributed by atoms with E-state index < -0.39 is 5.97 Å². The molecule has 1 N–H and O–H groups in total. The molecule has 0 atom stereocenters. The molecule has 0 unspecified atom stereocenters. The van der Waals surface area contributed by atoms with Crippen molar-refractivity contribution in [1.82, 2.24) is 4.90 Å². The summed E-state index contributed by atoms with van der Waals surface area (Å²) in [5.41, 5.74) is 2.04. The Bertz CT molecular complexity index is 1020. The van der Waals surface area contributed by atoms with E-state index in [0.29, 0.717) is 26.3 Å². The van der Waals surface area contributed by atoms with Crippen molar-refractivity contribution in [3.8, 4) is 11.5 Å². The lowest BCUT2D eigenvalue weighted by molar-refractivity contribution is -0.121. The summed E-state index contributed by atoms with van der Waals surface area (Å²) in [7, 11) is 1.33. The van der Waals surface area contributed by atoms with Crippen LogP contribution in [0, 0.1) is 0 Å². The largest absolute Gasteiger partial charge is 0.465 e. The molecule has 0 saturated carbocycles. The highest BCUT2D eigenvalue weighted by molar-refractivity contribution is 8.26. The maximum absolute atomic E-state index is 12.7. The topological polar surface area (TPSA) is 77.1 Å². The summed E-state index contributed by atoms with van der Waals surface area (Å²) in [5, 5.41) is 3.14. The summed E-state index contributed by atoms with van der Waals surface area (Å²) in [6.45, 7) is 0.425. The second kappa shape index (κ2) is 8.14. The second-order valence-electron chi connectivity index (χ2n) is 6.13. The smallest absolute Gasteiger partial charge is 0.337 e. The molecule has 0 aliphatic carbocycles. The van der Waals surface area contributed by atoms with Gasteiger partial charge in [-0.05, 0) is 48.0 Å². The first kappa shape index (κ1) is 19.3. The van der Waals surface area contributed by atoms with Crippen LogP contribution in [0.15, 0.2) is 47.4 Å². The minimum absolute atomic E-state index is 0.170. The summed E-state index contributed by atoms with van der Waals surface area (Å²) >= 11 is 6.61. The van der Waals surface area contributed by atoms with Crippen molar-refractivity contribution in [2.24, 2.45) is 0 Å². The average Bonchev–Trinajstić information content (AvgIpc) is 3.30. The number of rotatable bonds is 5. The van der Waals surface area contributed by atoms with Crippen molar-refractivity contribution >= 4 is 51.9 Å². The lowest BCUT2D eigenvalue weighted by atomic mass is 10.2. The number of hydrogen-bond donors (Lipinski definition) is 1. The quantitative estimate of drug-likeness (QED) is 0.441. The molecule has 4 rings (SSSR count). The number of thiocarbonyl (C=S) groups is 1. The Morgan fingerprint density at radius 2 is 2.00 bits per heavy atom. The van der Waals surface area contributed by atoms with E-state index >= 15 is 0 Å². The molecule has 2 heterocycles. The van der Waals surface area contributed by atoms with Crippen molar-refractivity contribution in [2.75, 3.05) is 25.9 Å². The van der Waals surface area contributed by atoms with Crippen molar-refractivity contribution in [3.05, 3.63) is 58.5 Å². The zero-order chi connectivity index (χ0) is 20.4. The zero-order valence-corrected chi connectivity index (χ0v) is 17.0. The molecule has 9 heteroatoms. The first-order valence-corrected chi connectivity index (χ1v) is 9.85. The van der Waals surface area contributed by atoms with Gasteiger partial charge in [-0.3, -0.25) is 9.69 Å². The number of esters is 1. The van der Waals surface area contributed by atoms with Gasteiger partial charge in [0.25, 0.3) is 5.91 Å². The highest BCUT2D eigenvalue weighted by Crippen LogP contribution is 2.36. The molecule has 2 aliphatic heterocycles. The van der Waals surface area contributed by atoms with E-state index in [4.69, 9.17) is 21.7 Å². The lowest BCUT2D eigenvalue weighted by Gasteiger charge is -2.16. The molecule has 1 saturated heterocycles. The molecule has 7 nitrogen and oxygen atoms in total. The van der Waals surface area contributed by atoms with E-state index in [2.05, 4.69) is 10.1 Å². The number of carbonyl (C=O) groups is 2. The molecule has 0 aromatic heterocycles. The Morgan fingerprint density at radius 3 is 2.76 bits per heavy atom.